The molecule has 3 rings (SSSR count). The van der Waals surface area contributed by atoms with Gasteiger partial charge in [-0.2, -0.15) is 0 Å². The molecule has 7 heteroatoms. The number of thiazole rings is 1. The Morgan fingerprint density at radius 1 is 1.04 bits per heavy atom. The van der Waals surface area contributed by atoms with E-state index in [0.29, 0.717) is 10.6 Å². The van der Waals surface area contributed by atoms with Crippen LogP contribution < -0.4 is 5.32 Å². The van der Waals surface area contributed by atoms with Crippen molar-refractivity contribution in [2.45, 2.75) is 11.8 Å². The molecule has 0 radical (unpaired) electrons. The van der Waals surface area contributed by atoms with Crippen LogP contribution in [0.25, 0.3) is 10.6 Å². The van der Waals surface area contributed by atoms with Crippen molar-refractivity contribution in [1.29, 1.82) is 0 Å². The number of aryl methyl sites for hydroxylation is 1. The summed E-state index contributed by atoms with van der Waals surface area (Å²) < 4.78 is 23.7. The summed E-state index contributed by atoms with van der Waals surface area (Å²) in [5.74, 6) is -0.367. The predicted octanol–water partition coefficient (Wildman–Crippen LogP) is 3.77. The van der Waals surface area contributed by atoms with Crippen molar-refractivity contribution in [3.8, 4) is 10.6 Å². The zero-order chi connectivity index (χ0) is 18.0. The molecule has 1 heterocycles. The third kappa shape index (κ3) is 3.78. The Bertz CT molecular complexity index is 1030. The Kier molecular flexibility index (Phi) is 4.69. The topological polar surface area (TPSA) is 76.1 Å². The summed E-state index contributed by atoms with van der Waals surface area (Å²) in [6.07, 6.45) is 1.11. The van der Waals surface area contributed by atoms with E-state index in [1.54, 1.807) is 25.1 Å². The third-order valence-electron chi connectivity index (χ3n) is 3.56. The first-order valence-corrected chi connectivity index (χ1v) is 10.2. The van der Waals surface area contributed by atoms with E-state index in [1.807, 2.05) is 30.3 Å². The summed E-state index contributed by atoms with van der Waals surface area (Å²) in [7, 11) is -3.44. The summed E-state index contributed by atoms with van der Waals surface area (Å²) in [4.78, 5) is 17.6. The summed E-state index contributed by atoms with van der Waals surface area (Å²) in [6.45, 7) is 1.76. The second-order valence-corrected chi connectivity index (χ2v) is 8.51. The fourth-order valence-electron chi connectivity index (χ4n) is 2.38. The molecule has 128 valence electrons. The number of aromatic nitrogens is 1. The number of amides is 1. The van der Waals surface area contributed by atoms with Gasteiger partial charge in [-0.05, 0) is 19.1 Å². The Hall–Kier alpha value is -2.51. The quantitative estimate of drug-likeness (QED) is 0.756. The lowest BCUT2D eigenvalue weighted by atomic mass is 10.2. The zero-order valence-corrected chi connectivity index (χ0v) is 15.3. The number of nitrogens with one attached hydrogen (secondary N) is 1. The largest absolute Gasteiger partial charge is 0.320 e. The van der Waals surface area contributed by atoms with Crippen LogP contribution in [0.5, 0.6) is 0 Å². The second-order valence-electron chi connectivity index (χ2n) is 5.52. The van der Waals surface area contributed by atoms with Crippen molar-refractivity contribution in [2.75, 3.05) is 11.6 Å². The maximum atomic E-state index is 12.6. The van der Waals surface area contributed by atoms with Crippen LogP contribution in [0.2, 0.25) is 0 Å². The zero-order valence-electron chi connectivity index (χ0n) is 13.7. The number of carbonyl (C=O) groups excluding carboxylic acids is 1. The van der Waals surface area contributed by atoms with Crippen LogP contribution in [-0.4, -0.2) is 25.6 Å². The number of carbonyl (C=O) groups is 1. The minimum Gasteiger partial charge on any atom is -0.320 e. The first-order chi connectivity index (χ1) is 11.9. The van der Waals surface area contributed by atoms with Gasteiger partial charge in [0.05, 0.1) is 16.3 Å². The molecule has 0 aliphatic carbocycles. The number of anilines is 1. The third-order valence-corrected chi connectivity index (χ3v) is 5.92. The SMILES string of the molecule is Cc1nc(-c2ccccc2)sc1C(=O)Nc1ccccc1S(C)(=O)=O. The number of nitrogens with zero attached hydrogens (tertiary/aromatic N) is 1. The molecule has 1 N–H and O–H groups in total. The molecular weight excluding hydrogens is 356 g/mol. The molecule has 0 unspecified atom stereocenters. The van der Waals surface area contributed by atoms with E-state index in [9.17, 15) is 13.2 Å². The van der Waals surface area contributed by atoms with Gasteiger partial charge in [0.25, 0.3) is 5.91 Å². The van der Waals surface area contributed by atoms with E-state index in [0.717, 1.165) is 16.8 Å². The van der Waals surface area contributed by atoms with Crippen molar-refractivity contribution in [1.82, 2.24) is 4.98 Å². The highest BCUT2D eigenvalue weighted by Gasteiger charge is 2.19. The summed E-state index contributed by atoms with van der Waals surface area (Å²) in [5.41, 5.74) is 1.81. The number of benzene rings is 2. The van der Waals surface area contributed by atoms with Gasteiger partial charge in [0, 0.05) is 11.8 Å². The average molecular weight is 372 g/mol. The van der Waals surface area contributed by atoms with Gasteiger partial charge in [-0.25, -0.2) is 13.4 Å². The molecule has 0 spiro atoms. The normalized spacial score (nSPS) is 11.3. The molecule has 0 aliphatic rings. The van der Waals surface area contributed by atoms with Gasteiger partial charge >= 0.3 is 0 Å². The van der Waals surface area contributed by atoms with Crippen LogP contribution >= 0.6 is 11.3 Å². The lowest BCUT2D eigenvalue weighted by molar-refractivity contribution is 0.102. The van der Waals surface area contributed by atoms with Crippen molar-refractivity contribution in [2.24, 2.45) is 0 Å². The molecular formula is C18H16N2O3S2. The number of sulfone groups is 1. The number of rotatable bonds is 4. The summed E-state index contributed by atoms with van der Waals surface area (Å²) in [5, 5.41) is 3.44. The highest BCUT2D eigenvalue weighted by Crippen LogP contribution is 2.29. The molecule has 1 aromatic heterocycles. The Morgan fingerprint density at radius 3 is 2.36 bits per heavy atom. The van der Waals surface area contributed by atoms with E-state index in [2.05, 4.69) is 10.3 Å². The van der Waals surface area contributed by atoms with Crippen LogP contribution in [0.3, 0.4) is 0 Å². The van der Waals surface area contributed by atoms with E-state index >= 15 is 0 Å². The van der Waals surface area contributed by atoms with Gasteiger partial charge in [-0.3, -0.25) is 4.79 Å². The van der Waals surface area contributed by atoms with E-state index < -0.39 is 9.84 Å². The fourth-order valence-corrected chi connectivity index (χ4v) is 4.19. The number of hydrogen-bond donors (Lipinski definition) is 1. The molecule has 0 aliphatic heterocycles. The van der Waals surface area contributed by atoms with Crippen LogP contribution in [0.4, 0.5) is 5.69 Å². The van der Waals surface area contributed by atoms with Crippen LogP contribution in [-0.2, 0) is 9.84 Å². The number of hydrogen-bond acceptors (Lipinski definition) is 5. The maximum absolute atomic E-state index is 12.6. The van der Waals surface area contributed by atoms with Gasteiger partial charge in [-0.15, -0.1) is 11.3 Å². The molecule has 0 atom stereocenters. The maximum Gasteiger partial charge on any atom is 0.267 e. The van der Waals surface area contributed by atoms with Crippen LogP contribution in [0, 0.1) is 6.92 Å². The Balaban J connectivity index is 1.92. The molecule has 0 fully saturated rings. The smallest absolute Gasteiger partial charge is 0.267 e. The van der Waals surface area contributed by atoms with E-state index in [1.165, 1.54) is 17.4 Å². The Morgan fingerprint density at radius 2 is 1.68 bits per heavy atom. The Labute approximate surface area is 150 Å². The molecule has 25 heavy (non-hydrogen) atoms. The summed E-state index contributed by atoms with van der Waals surface area (Å²) in [6, 6.07) is 15.9. The molecule has 2 aromatic carbocycles. The molecule has 0 bridgehead atoms. The van der Waals surface area contributed by atoms with Gasteiger partial charge in [0.1, 0.15) is 9.88 Å². The van der Waals surface area contributed by atoms with E-state index in [-0.39, 0.29) is 16.5 Å². The van der Waals surface area contributed by atoms with Crippen LogP contribution in [0.15, 0.2) is 59.5 Å². The fraction of sp³-hybridized carbons (Fsp3) is 0.111. The van der Waals surface area contributed by atoms with Crippen LogP contribution in [0.1, 0.15) is 15.4 Å². The van der Waals surface area contributed by atoms with Crippen molar-refractivity contribution in [3.63, 3.8) is 0 Å². The standard InChI is InChI=1S/C18H16N2O3S2/c1-12-16(24-18(19-12)13-8-4-3-5-9-13)17(21)20-14-10-6-7-11-15(14)25(2,22)23/h3-11H,1-2H3,(H,20,21). The minimum absolute atomic E-state index is 0.0915. The molecule has 0 saturated carbocycles. The van der Waals surface area contributed by atoms with Crippen molar-refractivity contribution >= 4 is 32.8 Å². The second kappa shape index (κ2) is 6.78. The van der Waals surface area contributed by atoms with Crippen molar-refractivity contribution in [3.05, 3.63) is 65.2 Å². The van der Waals surface area contributed by atoms with Gasteiger partial charge in [0.2, 0.25) is 0 Å². The predicted molar refractivity (Wildman–Crippen MR) is 99.8 cm³/mol. The lowest BCUT2D eigenvalue weighted by Crippen LogP contribution is -2.14. The monoisotopic (exact) mass is 372 g/mol. The average Bonchev–Trinajstić information content (AvgIpc) is 2.97. The van der Waals surface area contributed by atoms with Gasteiger partial charge in [0.15, 0.2) is 9.84 Å². The highest BCUT2D eigenvalue weighted by atomic mass is 32.2. The van der Waals surface area contributed by atoms with Gasteiger partial charge < -0.3 is 5.32 Å². The van der Waals surface area contributed by atoms with Crippen molar-refractivity contribution < 1.29 is 13.2 Å². The number of para-hydroxylation sites is 1. The summed E-state index contributed by atoms with van der Waals surface area (Å²) >= 11 is 1.28. The minimum atomic E-state index is -3.44. The first kappa shape index (κ1) is 17.3. The van der Waals surface area contributed by atoms with Gasteiger partial charge in [-0.1, -0.05) is 42.5 Å². The molecule has 0 saturated heterocycles. The molecule has 5 nitrogen and oxygen atoms in total. The molecule has 3 aromatic rings. The first-order valence-electron chi connectivity index (χ1n) is 7.49. The van der Waals surface area contributed by atoms with E-state index in [4.69, 9.17) is 0 Å². The molecule has 1 amide bonds. The highest BCUT2D eigenvalue weighted by molar-refractivity contribution is 7.90. The lowest BCUT2D eigenvalue weighted by Gasteiger charge is -2.08.